The largest absolute Gasteiger partial charge is 0.441 e. The SMILES string of the molecule is [C-]#[N+]c1ccccc1C1CCN(CCCNC(=O)N2C(=O)OC(CO)C2c2ccc(F)c(F)c2)CC1. The molecule has 2 aromatic carbocycles. The molecule has 3 amide bonds. The van der Waals surface area contributed by atoms with Crippen LogP contribution in [0.15, 0.2) is 42.5 Å². The van der Waals surface area contributed by atoms with E-state index in [-0.39, 0.29) is 5.56 Å². The molecule has 2 saturated heterocycles. The van der Waals surface area contributed by atoms with E-state index in [4.69, 9.17) is 11.3 Å². The van der Waals surface area contributed by atoms with E-state index in [0.717, 1.165) is 55.1 Å². The number of cyclic esters (lactones) is 1. The van der Waals surface area contributed by atoms with Gasteiger partial charge in [-0.2, -0.15) is 0 Å². The molecule has 2 aliphatic heterocycles. The molecule has 36 heavy (non-hydrogen) atoms. The van der Waals surface area contributed by atoms with Crippen LogP contribution in [0.5, 0.6) is 0 Å². The number of rotatable bonds is 7. The molecule has 2 heterocycles. The van der Waals surface area contributed by atoms with Crippen LogP contribution < -0.4 is 5.32 Å². The van der Waals surface area contributed by atoms with Crippen LogP contribution in [0.3, 0.4) is 0 Å². The Morgan fingerprint density at radius 2 is 1.92 bits per heavy atom. The van der Waals surface area contributed by atoms with Crippen LogP contribution in [0.4, 0.5) is 24.1 Å². The van der Waals surface area contributed by atoms with Crippen molar-refractivity contribution in [2.75, 3.05) is 32.8 Å². The van der Waals surface area contributed by atoms with Crippen molar-refractivity contribution < 1.29 is 28.2 Å². The standard InChI is InChI=1S/C26H28F2N4O4/c1-29-22-6-3-2-5-19(22)17-9-13-31(14-10-17)12-4-11-30-25(34)32-24(23(16-33)36-26(32)35)18-7-8-20(27)21(28)15-18/h2-3,5-8,15,17,23-24,33H,4,9-14,16H2,(H,30,34). The van der Waals surface area contributed by atoms with E-state index in [0.29, 0.717) is 24.6 Å². The minimum absolute atomic E-state index is 0.150. The maximum atomic E-state index is 13.8. The van der Waals surface area contributed by atoms with E-state index >= 15 is 0 Å². The number of ether oxygens (including phenoxy) is 1. The summed E-state index contributed by atoms with van der Waals surface area (Å²) < 4.78 is 32.2. The van der Waals surface area contributed by atoms with E-state index in [1.165, 1.54) is 6.07 Å². The molecule has 2 unspecified atom stereocenters. The molecule has 2 fully saturated rings. The van der Waals surface area contributed by atoms with Crippen molar-refractivity contribution in [2.24, 2.45) is 0 Å². The van der Waals surface area contributed by atoms with Crippen LogP contribution in [0.2, 0.25) is 0 Å². The first-order valence-corrected chi connectivity index (χ1v) is 11.9. The normalized spacial score (nSPS) is 20.7. The number of hydrogen-bond acceptors (Lipinski definition) is 5. The van der Waals surface area contributed by atoms with E-state index in [1.807, 2.05) is 24.3 Å². The molecular formula is C26H28F2N4O4. The van der Waals surface area contributed by atoms with Crippen molar-refractivity contribution >= 4 is 17.8 Å². The average Bonchev–Trinajstić information content (AvgIpc) is 3.24. The molecule has 2 aromatic rings. The fourth-order valence-corrected chi connectivity index (χ4v) is 4.92. The van der Waals surface area contributed by atoms with Gasteiger partial charge in [-0.25, -0.2) is 28.1 Å². The Morgan fingerprint density at radius 3 is 2.61 bits per heavy atom. The van der Waals surface area contributed by atoms with Crippen LogP contribution in [0.25, 0.3) is 4.85 Å². The molecule has 4 rings (SSSR count). The molecule has 0 aliphatic carbocycles. The number of carbonyl (C=O) groups excluding carboxylic acids is 2. The molecular weight excluding hydrogens is 470 g/mol. The number of likely N-dealkylation sites (tertiary alicyclic amines) is 1. The number of halogens is 2. The zero-order chi connectivity index (χ0) is 25.7. The van der Waals surface area contributed by atoms with Crippen LogP contribution >= 0.6 is 0 Å². The summed E-state index contributed by atoms with van der Waals surface area (Å²) in [5.74, 6) is -1.81. The number of para-hydroxylation sites is 1. The van der Waals surface area contributed by atoms with Gasteiger partial charge in [-0.05, 0) is 68.1 Å². The molecule has 0 aromatic heterocycles. The first-order valence-electron chi connectivity index (χ1n) is 11.9. The number of aliphatic hydroxyl groups excluding tert-OH is 1. The topological polar surface area (TPSA) is 86.5 Å². The van der Waals surface area contributed by atoms with E-state index in [2.05, 4.69) is 15.1 Å². The van der Waals surface area contributed by atoms with Gasteiger partial charge in [-0.15, -0.1) is 0 Å². The molecule has 0 bridgehead atoms. The Morgan fingerprint density at radius 1 is 1.17 bits per heavy atom. The number of imide groups is 1. The predicted octanol–water partition coefficient (Wildman–Crippen LogP) is 4.35. The monoisotopic (exact) mass is 498 g/mol. The summed E-state index contributed by atoms with van der Waals surface area (Å²) in [5.41, 5.74) is 1.97. The van der Waals surface area contributed by atoms with Crippen LogP contribution in [0, 0.1) is 18.2 Å². The number of nitrogens with one attached hydrogen (secondary N) is 1. The summed E-state index contributed by atoms with van der Waals surface area (Å²) >= 11 is 0. The van der Waals surface area contributed by atoms with Gasteiger partial charge >= 0.3 is 12.1 Å². The van der Waals surface area contributed by atoms with Gasteiger partial charge in [0.25, 0.3) is 0 Å². The molecule has 190 valence electrons. The summed E-state index contributed by atoms with van der Waals surface area (Å²) in [6.45, 7) is 9.63. The van der Waals surface area contributed by atoms with Crippen LogP contribution in [0.1, 0.15) is 42.3 Å². The highest BCUT2D eigenvalue weighted by molar-refractivity contribution is 5.93. The van der Waals surface area contributed by atoms with Gasteiger partial charge in [0.1, 0.15) is 6.04 Å². The second-order valence-corrected chi connectivity index (χ2v) is 8.97. The third-order valence-corrected chi connectivity index (χ3v) is 6.78. The molecule has 0 radical (unpaired) electrons. The first-order chi connectivity index (χ1) is 17.4. The lowest BCUT2D eigenvalue weighted by molar-refractivity contribution is 0.0827. The summed E-state index contributed by atoms with van der Waals surface area (Å²) in [4.78, 5) is 31.9. The number of hydrogen-bond donors (Lipinski definition) is 2. The quantitative estimate of drug-likeness (QED) is 0.438. The number of amides is 3. The van der Waals surface area contributed by atoms with Gasteiger partial charge in [0.15, 0.2) is 23.4 Å². The van der Waals surface area contributed by atoms with Gasteiger partial charge < -0.3 is 20.1 Å². The number of nitrogens with zero attached hydrogens (tertiary/aromatic N) is 3. The van der Waals surface area contributed by atoms with E-state index in [9.17, 15) is 23.5 Å². The minimum atomic E-state index is -1.12. The van der Waals surface area contributed by atoms with Gasteiger partial charge in [-0.3, -0.25) is 0 Å². The van der Waals surface area contributed by atoms with E-state index < -0.39 is 42.5 Å². The Bertz CT molecular complexity index is 1150. The van der Waals surface area contributed by atoms with Gasteiger partial charge in [-0.1, -0.05) is 30.3 Å². The highest BCUT2D eigenvalue weighted by atomic mass is 19.2. The van der Waals surface area contributed by atoms with E-state index in [1.54, 1.807) is 0 Å². The first kappa shape index (κ1) is 25.5. The van der Waals surface area contributed by atoms with Crippen molar-refractivity contribution in [3.8, 4) is 0 Å². The summed E-state index contributed by atoms with van der Waals surface area (Å²) in [6.07, 6.45) is 0.524. The molecule has 2 N–H and O–H groups in total. The fourth-order valence-electron chi connectivity index (χ4n) is 4.92. The second kappa shape index (κ2) is 11.5. The van der Waals surface area contributed by atoms with Crippen LogP contribution in [-0.2, 0) is 4.74 Å². The molecule has 2 aliphatic rings. The van der Waals surface area contributed by atoms with Gasteiger partial charge in [0.2, 0.25) is 0 Å². The zero-order valence-corrected chi connectivity index (χ0v) is 19.7. The number of piperidine rings is 1. The number of carbonyl (C=O) groups is 2. The average molecular weight is 499 g/mol. The molecule has 0 saturated carbocycles. The number of urea groups is 1. The Hall–Kier alpha value is -3.55. The van der Waals surface area contributed by atoms with Crippen molar-refractivity contribution in [3.63, 3.8) is 0 Å². The van der Waals surface area contributed by atoms with Crippen molar-refractivity contribution in [2.45, 2.75) is 37.3 Å². The van der Waals surface area contributed by atoms with Crippen molar-refractivity contribution in [1.82, 2.24) is 15.1 Å². The molecule has 0 spiro atoms. The molecule has 2 atom stereocenters. The van der Waals surface area contributed by atoms with Gasteiger partial charge in [0.05, 0.1) is 13.2 Å². The second-order valence-electron chi connectivity index (χ2n) is 8.97. The summed E-state index contributed by atoms with van der Waals surface area (Å²) in [6, 6.07) is 8.99. The number of aliphatic hydroxyl groups is 1. The number of benzene rings is 2. The minimum Gasteiger partial charge on any atom is -0.441 e. The Kier molecular flexibility index (Phi) is 8.13. The van der Waals surface area contributed by atoms with Crippen LogP contribution in [-0.4, -0.2) is 65.9 Å². The predicted molar refractivity (Wildman–Crippen MR) is 127 cm³/mol. The Balaban J connectivity index is 1.27. The Labute approximate surface area is 208 Å². The summed E-state index contributed by atoms with van der Waals surface area (Å²) in [7, 11) is 0. The van der Waals surface area contributed by atoms with Gasteiger partial charge in [0, 0.05) is 6.54 Å². The van der Waals surface area contributed by atoms with Crippen molar-refractivity contribution in [3.05, 3.63) is 76.6 Å². The van der Waals surface area contributed by atoms with Crippen molar-refractivity contribution in [1.29, 1.82) is 0 Å². The maximum absolute atomic E-state index is 13.8. The zero-order valence-electron chi connectivity index (χ0n) is 19.7. The third-order valence-electron chi connectivity index (χ3n) is 6.78. The lowest BCUT2D eigenvalue weighted by Gasteiger charge is -2.32. The summed E-state index contributed by atoms with van der Waals surface area (Å²) in [5, 5.41) is 12.3. The third kappa shape index (κ3) is 5.48. The smallest absolute Gasteiger partial charge is 0.419 e. The lowest BCUT2D eigenvalue weighted by atomic mass is 9.88. The molecule has 10 heteroatoms. The molecule has 8 nitrogen and oxygen atoms in total. The maximum Gasteiger partial charge on any atom is 0.419 e. The fraction of sp³-hybridized carbons (Fsp3) is 0.423. The highest BCUT2D eigenvalue weighted by Gasteiger charge is 2.46. The lowest BCUT2D eigenvalue weighted by Crippen LogP contribution is -2.44. The highest BCUT2D eigenvalue weighted by Crippen LogP contribution is 2.35.